The Morgan fingerprint density at radius 1 is 1.23 bits per heavy atom. The maximum absolute atomic E-state index is 11.2. The molecule has 68 valence electrons. The van der Waals surface area contributed by atoms with Crippen molar-refractivity contribution in [3.8, 4) is 0 Å². The molecule has 0 spiro atoms. The van der Waals surface area contributed by atoms with Crippen LogP contribution in [0.5, 0.6) is 0 Å². The number of aryl methyl sites for hydroxylation is 2. The summed E-state index contributed by atoms with van der Waals surface area (Å²) >= 11 is 0. The van der Waals surface area contributed by atoms with Gasteiger partial charge in [0.2, 0.25) is 5.78 Å². The first-order chi connectivity index (χ1) is 6.02. The number of rotatable bonds is 2. The molecule has 13 heavy (non-hydrogen) atoms. The number of nitrogens with two attached hydrogens (primary N) is 1. The van der Waals surface area contributed by atoms with Crippen LogP contribution in [0.1, 0.15) is 21.5 Å². The minimum absolute atomic E-state index is 0.387. The lowest BCUT2D eigenvalue weighted by molar-refractivity contribution is -0.114. The molecule has 0 aliphatic heterocycles. The standard InChI is InChI=1S/C10H11NO2/c1-6-3-4-8(7(2)5-6)9(12)10(11)13/h3-5H,1-2H3,(H2,11,13). The largest absolute Gasteiger partial charge is 0.363 e. The maximum Gasteiger partial charge on any atom is 0.289 e. The van der Waals surface area contributed by atoms with E-state index in [0.717, 1.165) is 11.1 Å². The Hall–Kier alpha value is -1.64. The van der Waals surface area contributed by atoms with Crippen LogP contribution in [0.15, 0.2) is 18.2 Å². The van der Waals surface area contributed by atoms with Crippen molar-refractivity contribution < 1.29 is 9.59 Å². The lowest BCUT2D eigenvalue weighted by atomic mass is 10.0. The lowest BCUT2D eigenvalue weighted by Gasteiger charge is -2.02. The highest BCUT2D eigenvalue weighted by atomic mass is 16.2. The minimum Gasteiger partial charge on any atom is -0.363 e. The summed E-state index contributed by atoms with van der Waals surface area (Å²) in [5.41, 5.74) is 7.11. The Morgan fingerprint density at radius 2 is 1.85 bits per heavy atom. The number of benzene rings is 1. The summed E-state index contributed by atoms with van der Waals surface area (Å²) in [6, 6.07) is 5.25. The minimum atomic E-state index is -0.910. The molecule has 0 bridgehead atoms. The zero-order chi connectivity index (χ0) is 10.0. The zero-order valence-electron chi connectivity index (χ0n) is 7.63. The van der Waals surface area contributed by atoms with E-state index in [9.17, 15) is 9.59 Å². The number of primary amides is 1. The van der Waals surface area contributed by atoms with E-state index >= 15 is 0 Å². The van der Waals surface area contributed by atoms with Gasteiger partial charge in [0.1, 0.15) is 0 Å². The molecule has 3 nitrogen and oxygen atoms in total. The van der Waals surface area contributed by atoms with E-state index in [1.165, 1.54) is 0 Å². The Bertz CT molecular complexity index is 369. The summed E-state index contributed by atoms with van der Waals surface area (Å²) < 4.78 is 0. The van der Waals surface area contributed by atoms with Crippen LogP contribution in [0.3, 0.4) is 0 Å². The normalized spacial score (nSPS) is 9.69. The molecule has 0 atom stereocenters. The van der Waals surface area contributed by atoms with Crippen LogP contribution in [-0.2, 0) is 4.79 Å². The SMILES string of the molecule is Cc1ccc(C(=O)C(N)=O)c(C)c1. The highest BCUT2D eigenvalue weighted by Crippen LogP contribution is 2.10. The van der Waals surface area contributed by atoms with E-state index < -0.39 is 11.7 Å². The van der Waals surface area contributed by atoms with Gasteiger partial charge >= 0.3 is 0 Å². The molecule has 2 N–H and O–H groups in total. The van der Waals surface area contributed by atoms with Crippen LogP contribution in [0.2, 0.25) is 0 Å². The topological polar surface area (TPSA) is 60.2 Å². The third-order valence-corrected chi connectivity index (χ3v) is 1.85. The molecule has 0 aromatic heterocycles. The van der Waals surface area contributed by atoms with Crippen molar-refractivity contribution in [1.29, 1.82) is 0 Å². The molecule has 1 rings (SSSR count). The smallest absolute Gasteiger partial charge is 0.289 e. The summed E-state index contributed by atoms with van der Waals surface area (Å²) in [7, 11) is 0. The second-order valence-electron chi connectivity index (χ2n) is 3.01. The predicted molar refractivity (Wildman–Crippen MR) is 49.4 cm³/mol. The molecule has 0 aliphatic rings. The van der Waals surface area contributed by atoms with Crippen LogP contribution in [0.4, 0.5) is 0 Å². The van der Waals surface area contributed by atoms with Crippen molar-refractivity contribution >= 4 is 11.7 Å². The molecule has 0 saturated carbocycles. The van der Waals surface area contributed by atoms with Gasteiger partial charge in [0.05, 0.1) is 0 Å². The quantitative estimate of drug-likeness (QED) is 0.540. The number of ketones is 1. The fourth-order valence-electron chi connectivity index (χ4n) is 1.20. The van der Waals surface area contributed by atoms with Gasteiger partial charge in [0, 0.05) is 5.56 Å². The van der Waals surface area contributed by atoms with Crippen LogP contribution in [0.25, 0.3) is 0 Å². The zero-order valence-corrected chi connectivity index (χ0v) is 7.63. The Kier molecular flexibility index (Phi) is 2.46. The molecule has 1 aromatic carbocycles. The van der Waals surface area contributed by atoms with Crippen molar-refractivity contribution in [1.82, 2.24) is 0 Å². The van der Waals surface area contributed by atoms with E-state index in [0.29, 0.717) is 5.56 Å². The number of hydrogen-bond acceptors (Lipinski definition) is 2. The first-order valence-electron chi connectivity index (χ1n) is 3.93. The molecule has 0 radical (unpaired) electrons. The van der Waals surface area contributed by atoms with Crippen molar-refractivity contribution in [3.05, 3.63) is 34.9 Å². The third-order valence-electron chi connectivity index (χ3n) is 1.85. The van der Waals surface area contributed by atoms with E-state index in [-0.39, 0.29) is 0 Å². The Morgan fingerprint density at radius 3 is 2.31 bits per heavy atom. The maximum atomic E-state index is 11.2. The van der Waals surface area contributed by atoms with E-state index in [1.807, 2.05) is 13.0 Å². The summed E-state index contributed by atoms with van der Waals surface area (Å²) in [6.45, 7) is 3.70. The fourth-order valence-corrected chi connectivity index (χ4v) is 1.20. The molecule has 0 saturated heterocycles. The first kappa shape index (κ1) is 9.45. The van der Waals surface area contributed by atoms with Crippen LogP contribution >= 0.6 is 0 Å². The number of hydrogen-bond donors (Lipinski definition) is 1. The van der Waals surface area contributed by atoms with E-state index in [2.05, 4.69) is 0 Å². The van der Waals surface area contributed by atoms with Gasteiger partial charge in [-0.05, 0) is 19.4 Å². The lowest BCUT2D eigenvalue weighted by Crippen LogP contribution is -2.23. The van der Waals surface area contributed by atoms with Gasteiger partial charge in [-0.25, -0.2) is 0 Å². The Labute approximate surface area is 76.6 Å². The van der Waals surface area contributed by atoms with Gasteiger partial charge in [-0.1, -0.05) is 23.8 Å². The van der Waals surface area contributed by atoms with Gasteiger partial charge in [0.25, 0.3) is 5.91 Å². The molecule has 1 aromatic rings. The summed E-state index contributed by atoms with van der Waals surface area (Å²) in [5, 5.41) is 0. The molecule has 1 amide bonds. The van der Waals surface area contributed by atoms with Crippen molar-refractivity contribution in [3.63, 3.8) is 0 Å². The molecule has 0 unspecified atom stereocenters. The van der Waals surface area contributed by atoms with Crippen LogP contribution in [0, 0.1) is 13.8 Å². The summed E-state index contributed by atoms with van der Waals surface area (Å²) in [4.78, 5) is 21.8. The average molecular weight is 177 g/mol. The molecule has 3 heteroatoms. The first-order valence-corrected chi connectivity index (χ1v) is 3.93. The van der Waals surface area contributed by atoms with Crippen LogP contribution in [-0.4, -0.2) is 11.7 Å². The van der Waals surface area contributed by atoms with Gasteiger partial charge in [0.15, 0.2) is 0 Å². The average Bonchev–Trinajstić information content (AvgIpc) is 2.03. The van der Waals surface area contributed by atoms with E-state index in [4.69, 9.17) is 5.73 Å². The summed E-state index contributed by atoms with van der Waals surface area (Å²) in [6.07, 6.45) is 0. The van der Waals surface area contributed by atoms with Crippen molar-refractivity contribution in [2.75, 3.05) is 0 Å². The van der Waals surface area contributed by atoms with Gasteiger partial charge in [-0.15, -0.1) is 0 Å². The third kappa shape index (κ3) is 1.93. The summed E-state index contributed by atoms with van der Waals surface area (Å²) in [5.74, 6) is -1.54. The van der Waals surface area contributed by atoms with Crippen LogP contribution < -0.4 is 5.73 Å². The number of carbonyl (C=O) groups excluding carboxylic acids is 2. The Balaban J connectivity index is 3.16. The number of carbonyl (C=O) groups is 2. The van der Waals surface area contributed by atoms with Gasteiger partial charge < -0.3 is 5.73 Å². The molecular formula is C10H11NO2. The van der Waals surface area contributed by atoms with Gasteiger partial charge in [-0.3, -0.25) is 9.59 Å². The monoisotopic (exact) mass is 177 g/mol. The molecule has 0 fully saturated rings. The van der Waals surface area contributed by atoms with Crippen molar-refractivity contribution in [2.45, 2.75) is 13.8 Å². The number of amides is 1. The second kappa shape index (κ2) is 3.39. The van der Waals surface area contributed by atoms with Gasteiger partial charge in [-0.2, -0.15) is 0 Å². The fraction of sp³-hybridized carbons (Fsp3) is 0.200. The van der Waals surface area contributed by atoms with Crippen molar-refractivity contribution in [2.24, 2.45) is 5.73 Å². The molecule has 0 aliphatic carbocycles. The predicted octanol–water partition coefficient (Wildman–Crippen LogP) is 0.971. The molecular weight excluding hydrogens is 166 g/mol. The number of Topliss-reactive ketones (excluding diaryl/α,β-unsaturated/α-hetero) is 1. The molecule has 0 heterocycles. The van der Waals surface area contributed by atoms with E-state index in [1.54, 1.807) is 19.1 Å². The highest BCUT2D eigenvalue weighted by Gasteiger charge is 2.13. The second-order valence-corrected chi connectivity index (χ2v) is 3.01. The highest BCUT2D eigenvalue weighted by molar-refractivity contribution is 6.42.